The Hall–Kier alpha value is -2.55. The first kappa shape index (κ1) is 19.2. The van der Waals surface area contributed by atoms with Gasteiger partial charge in [0.1, 0.15) is 5.56 Å². The lowest BCUT2D eigenvalue weighted by atomic mass is 10.2. The lowest BCUT2D eigenvalue weighted by Crippen LogP contribution is -2.30. The Kier molecular flexibility index (Phi) is 6.33. The molecule has 1 unspecified atom stereocenters. The number of rotatable bonds is 8. The molecule has 27 heavy (non-hydrogen) atoms. The first-order valence-electron chi connectivity index (χ1n) is 8.73. The molecule has 0 aliphatic rings. The van der Waals surface area contributed by atoms with Crippen LogP contribution in [0.5, 0.6) is 0 Å². The van der Waals surface area contributed by atoms with Gasteiger partial charge in [0.05, 0.1) is 30.8 Å². The van der Waals surface area contributed by atoms with Gasteiger partial charge in [-0.15, -0.1) is 11.3 Å². The van der Waals surface area contributed by atoms with Gasteiger partial charge in [0.15, 0.2) is 0 Å². The van der Waals surface area contributed by atoms with Gasteiger partial charge < -0.3 is 15.2 Å². The average Bonchev–Trinajstić information content (AvgIpc) is 3.33. The van der Waals surface area contributed by atoms with Gasteiger partial charge >= 0.3 is 5.97 Å². The number of nitrogens with one attached hydrogen (secondary N) is 1. The minimum atomic E-state index is -0.419. The van der Waals surface area contributed by atoms with Gasteiger partial charge in [0, 0.05) is 23.5 Å². The molecule has 8 heteroatoms. The van der Waals surface area contributed by atoms with Crippen LogP contribution >= 0.6 is 11.3 Å². The predicted molar refractivity (Wildman–Crippen MR) is 104 cm³/mol. The molecule has 0 aliphatic heterocycles. The van der Waals surface area contributed by atoms with Gasteiger partial charge in [-0.3, -0.25) is 0 Å². The van der Waals surface area contributed by atoms with Crippen LogP contribution in [0.2, 0.25) is 0 Å². The van der Waals surface area contributed by atoms with Crippen LogP contribution in [0.4, 0.5) is 0 Å². The molecular weight excluding hydrogens is 364 g/mol. The number of aliphatic hydroxyl groups excluding tert-OH is 1. The summed E-state index contributed by atoms with van der Waals surface area (Å²) in [4.78, 5) is 16.9. The Morgan fingerprint density at radius 1 is 1.37 bits per heavy atom. The maximum Gasteiger partial charge on any atom is 0.341 e. The van der Waals surface area contributed by atoms with Crippen LogP contribution in [0.15, 0.2) is 41.9 Å². The van der Waals surface area contributed by atoms with Crippen LogP contribution < -0.4 is 5.32 Å². The predicted octanol–water partition coefficient (Wildman–Crippen LogP) is 2.64. The number of aromatic nitrogens is 3. The molecule has 3 aromatic rings. The van der Waals surface area contributed by atoms with E-state index in [2.05, 4.69) is 15.4 Å². The van der Waals surface area contributed by atoms with E-state index in [-0.39, 0.29) is 12.6 Å². The first-order valence-corrected chi connectivity index (χ1v) is 9.61. The number of aliphatic hydroxyl groups is 1. The third-order valence-corrected chi connectivity index (χ3v) is 4.82. The summed E-state index contributed by atoms with van der Waals surface area (Å²) in [7, 11) is 0. The Morgan fingerprint density at radius 2 is 2.15 bits per heavy atom. The van der Waals surface area contributed by atoms with Gasteiger partial charge in [-0.2, -0.15) is 5.10 Å². The molecule has 0 bridgehead atoms. The fourth-order valence-corrected chi connectivity index (χ4v) is 3.34. The van der Waals surface area contributed by atoms with Crippen molar-refractivity contribution >= 4 is 17.3 Å². The second kappa shape index (κ2) is 8.90. The van der Waals surface area contributed by atoms with Crippen molar-refractivity contribution in [2.45, 2.75) is 26.4 Å². The highest BCUT2D eigenvalue weighted by Crippen LogP contribution is 2.25. The zero-order chi connectivity index (χ0) is 19.2. The molecule has 0 spiro atoms. The summed E-state index contributed by atoms with van der Waals surface area (Å²) in [6, 6.07) is 9.77. The van der Waals surface area contributed by atoms with E-state index in [0.29, 0.717) is 29.5 Å². The summed E-state index contributed by atoms with van der Waals surface area (Å²) in [6.07, 6.45) is 1.50. The Labute approximate surface area is 161 Å². The Morgan fingerprint density at radius 3 is 2.85 bits per heavy atom. The number of carbonyl (C=O) groups excluding carboxylic acids is 1. The summed E-state index contributed by atoms with van der Waals surface area (Å²) in [5.74, 6) is -0.419. The van der Waals surface area contributed by atoms with Gasteiger partial charge in [-0.05, 0) is 13.8 Å². The first-order chi connectivity index (χ1) is 13.1. The number of benzene rings is 1. The molecule has 1 atom stereocenters. The number of nitrogens with zero attached hydrogens (tertiary/aromatic N) is 3. The van der Waals surface area contributed by atoms with E-state index in [1.54, 1.807) is 11.6 Å². The number of hydrogen-bond donors (Lipinski definition) is 2. The molecule has 1 aromatic carbocycles. The molecule has 2 aromatic heterocycles. The third kappa shape index (κ3) is 4.41. The second-order valence-electron chi connectivity index (χ2n) is 5.98. The van der Waals surface area contributed by atoms with Crippen molar-refractivity contribution in [3.63, 3.8) is 0 Å². The van der Waals surface area contributed by atoms with Crippen LogP contribution in [0, 0.1) is 0 Å². The van der Waals surface area contributed by atoms with E-state index in [9.17, 15) is 9.90 Å². The summed E-state index contributed by atoms with van der Waals surface area (Å²) >= 11 is 1.45. The van der Waals surface area contributed by atoms with Gasteiger partial charge in [0.25, 0.3) is 0 Å². The number of hydrogen-bond acceptors (Lipinski definition) is 7. The van der Waals surface area contributed by atoms with E-state index >= 15 is 0 Å². The quantitative estimate of drug-likeness (QED) is 0.579. The Balaban J connectivity index is 1.94. The summed E-state index contributed by atoms with van der Waals surface area (Å²) in [5.41, 5.74) is 2.92. The van der Waals surface area contributed by atoms with E-state index in [1.807, 2.05) is 42.6 Å². The average molecular weight is 386 g/mol. The standard InChI is InChI=1S/C19H22N4O3S/c1-3-26-18(25)15-9-21-23(17(15)10-20-13(2)11-24)19-22-16(12-27-19)14-7-5-4-6-8-14/h4-9,12-13,20,24H,3,10-11H2,1-2H3. The van der Waals surface area contributed by atoms with Crippen LogP contribution in [0.25, 0.3) is 16.4 Å². The largest absolute Gasteiger partial charge is 0.462 e. The maximum atomic E-state index is 12.3. The summed E-state index contributed by atoms with van der Waals surface area (Å²) in [6.45, 7) is 4.27. The van der Waals surface area contributed by atoms with E-state index in [4.69, 9.17) is 4.74 Å². The third-order valence-electron chi connectivity index (χ3n) is 4.00. The molecule has 3 rings (SSSR count). The minimum Gasteiger partial charge on any atom is -0.462 e. The monoisotopic (exact) mass is 386 g/mol. The second-order valence-corrected chi connectivity index (χ2v) is 6.82. The number of thiazole rings is 1. The topological polar surface area (TPSA) is 89.3 Å². The zero-order valence-corrected chi connectivity index (χ0v) is 16.1. The molecule has 142 valence electrons. The summed E-state index contributed by atoms with van der Waals surface area (Å²) < 4.78 is 6.79. The fraction of sp³-hybridized carbons (Fsp3) is 0.316. The molecule has 0 radical (unpaired) electrons. The zero-order valence-electron chi connectivity index (χ0n) is 15.3. The van der Waals surface area contributed by atoms with Crippen LogP contribution in [-0.2, 0) is 11.3 Å². The minimum absolute atomic E-state index is 0.00170. The highest BCUT2D eigenvalue weighted by atomic mass is 32.1. The van der Waals surface area contributed by atoms with Crippen molar-refractivity contribution in [3.05, 3.63) is 53.2 Å². The van der Waals surface area contributed by atoms with Crippen molar-refractivity contribution in [2.75, 3.05) is 13.2 Å². The molecule has 0 amide bonds. The fourth-order valence-electron chi connectivity index (χ4n) is 2.53. The van der Waals surface area contributed by atoms with Crippen molar-refractivity contribution < 1.29 is 14.6 Å². The molecular formula is C19H22N4O3S. The molecule has 2 heterocycles. The van der Waals surface area contributed by atoms with Crippen LogP contribution in [0.1, 0.15) is 29.9 Å². The molecule has 0 aliphatic carbocycles. The normalized spacial score (nSPS) is 12.1. The number of ether oxygens (including phenoxy) is 1. The van der Waals surface area contributed by atoms with Gasteiger partial charge in [-0.1, -0.05) is 30.3 Å². The molecule has 0 saturated carbocycles. The highest BCUT2D eigenvalue weighted by Gasteiger charge is 2.21. The van der Waals surface area contributed by atoms with Crippen molar-refractivity contribution in [1.29, 1.82) is 0 Å². The number of carbonyl (C=O) groups is 1. The summed E-state index contributed by atoms with van der Waals surface area (Å²) in [5, 5.41) is 19.4. The van der Waals surface area contributed by atoms with Crippen LogP contribution in [-0.4, -0.2) is 45.1 Å². The van der Waals surface area contributed by atoms with Crippen molar-refractivity contribution in [2.24, 2.45) is 0 Å². The Bertz CT molecular complexity index is 892. The van der Waals surface area contributed by atoms with Gasteiger partial charge in [0.2, 0.25) is 5.13 Å². The van der Waals surface area contributed by atoms with E-state index < -0.39 is 5.97 Å². The molecule has 2 N–H and O–H groups in total. The van der Waals surface area contributed by atoms with Crippen molar-refractivity contribution in [1.82, 2.24) is 20.1 Å². The van der Waals surface area contributed by atoms with E-state index in [0.717, 1.165) is 11.3 Å². The smallest absolute Gasteiger partial charge is 0.341 e. The lowest BCUT2D eigenvalue weighted by Gasteiger charge is -2.12. The van der Waals surface area contributed by atoms with Crippen molar-refractivity contribution in [3.8, 4) is 16.4 Å². The van der Waals surface area contributed by atoms with Crippen LogP contribution in [0.3, 0.4) is 0 Å². The molecule has 0 fully saturated rings. The molecule has 7 nitrogen and oxygen atoms in total. The lowest BCUT2D eigenvalue weighted by molar-refractivity contribution is 0.0524. The van der Waals surface area contributed by atoms with E-state index in [1.165, 1.54) is 17.5 Å². The maximum absolute atomic E-state index is 12.3. The highest BCUT2D eigenvalue weighted by molar-refractivity contribution is 7.12. The van der Waals surface area contributed by atoms with Gasteiger partial charge in [-0.25, -0.2) is 14.5 Å². The molecule has 0 saturated heterocycles. The number of esters is 1. The SMILES string of the molecule is CCOC(=O)c1cnn(-c2nc(-c3ccccc3)cs2)c1CNC(C)CO.